The topological polar surface area (TPSA) is 149 Å². The maximum absolute atomic E-state index is 10.7. The van der Waals surface area contributed by atoms with Crippen LogP contribution in [-0.2, 0) is 19.2 Å². The first-order valence-electron chi connectivity index (χ1n) is 9.13. The van der Waals surface area contributed by atoms with Gasteiger partial charge in [0, 0.05) is 12.8 Å². The highest BCUT2D eigenvalue weighted by atomic mass is 16.4. The van der Waals surface area contributed by atoms with Crippen LogP contribution in [0.25, 0.3) is 0 Å². The van der Waals surface area contributed by atoms with Gasteiger partial charge in [0.2, 0.25) is 0 Å². The van der Waals surface area contributed by atoms with Crippen molar-refractivity contribution in [1.82, 2.24) is 0 Å². The number of rotatable bonds is 11. The van der Waals surface area contributed by atoms with Gasteiger partial charge in [0.15, 0.2) is 5.41 Å². The number of carboxylic acids is 4. The summed E-state index contributed by atoms with van der Waals surface area (Å²) >= 11 is 0. The third-order valence-corrected chi connectivity index (χ3v) is 4.56. The van der Waals surface area contributed by atoms with E-state index in [0.717, 1.165) is 44.9 Å². The fourth-order valence-corrected chi connectivity index (χ4v) is 2.93. The molecule has 26 heavy (non-hydrogen) atoms. The minimum absolute atomic E-state index is 0.245. The number of unbranched alkanes of at least 4 members (excludes halogenated alkanes) is 5. The molecule has 1 saturated carbocycles. The third-order valence-electron chi connectivity index (χ3n) is 4.56. The second-order valence-corrected chi connectivity index (χ2v) is 6.66. The van der Waals surface area contributed by atoms with Gasteiger partial charge in [-0.05, 0) is 25.7 Å². The van der Waals surface area contributed by atoms with Crippen LogP contribution >= 0.6 is 0 Å². The van der Waals surface area contributed by atoms with Gasteiger partial charge < -0.3 is 20.4 Å². The van der Waals surface area contributed by atoms with Gasteiger partial charge in [-0.3, -0.25) is 19.2 Å². The van der Waals surface area contributed by atoms with Gasteiger partial charge >= 0.3 is 23.9 Å². The zero-order valence-electron chi connectivity index (χ0n) is 15.1. The van der Waals surface area contributed by atoms with Crippen LogP contribution in [-0.4, -0.2) is 44.3 Å². The molecule has 4 N–H and O–H groups in total. The monoisotopic (exact) mass is 374 g/mol. The van der Waals surface area contributed by atoms with Gasteiger partial charge in [0.1, 0.15) is 0 Å². The molecule has 0 spiro atoms. The van der Waals surface area contributed by atoms with E-state index in [9.17, 15) is 19.2 Å². The zero-order valence-corrected chi connectivity index (χ0v) is 15.1. The lowest BCUT2D eigenvalue weighted by molar-refractivity contribution is -0.167. The van der Waals surface area contributed by atoms with Gasteiger partial charge in [-0.2, -0.15) is 0 Å². The molecular formula is C18H30O8. The van der Waals surface area contributed by atoms with Crippen LogP contribution in [0.5, 0.6) is 0 Å². The summed E-state index contributed by atoms with van der Waals surface area (Å²) in [7, 11) is 0. The molecule has 1 rings (SSSR count). The van der Waals surface area contributed by atoms with Crippen LogP contribution in [0.15, 0.2) is 0 Å². The summed E-state index contributed by atoms with van der Waals surface area (Å²) < 4.78 is 0. The molecule has 0 unspecified atom stereocenters. The largest absolute Gasteiger partial charge is 0.481 e. The molecule has 0 aromatic heterocycles. The van der Waals surface area contributed by atoms with E-state index in [1.807, 2.05) is 0 Å². The number of hydrogen-bond acceptors (Lipinski definition) is 4. The molecule has 0 radical (unpaired) electrons. The highest BCUT2D eigenvalue weighted by molar-refractivity contribution is 5.98. The number of carbonyl (C=O) groups is 4. The molecule has 8 heteroatoms. The summed E-state index contributed by atoms with van der Waals surface area (Å²) in [5.74, 6) is -3.85. The van der Waals surface area contributed by atoms with E-state index in [1.54, 1.807) is 0 Å². The molecule has 0 heterocycles. The van der Waals surface area contributed by atoms with Crippen molar-refractivity contribution in [3.05, 3.63) is 0 Å². The van der Waals surface area contributed by atoms with Crippen LogP contribution in [0.1, 0.15) is 83.5 Å². The van der Waals surface area contributed by atoms with Crippen molar-refractivity contribution < 1.29 is 39.6 Å². The quantitative estimate of drug-likeness (QED) is 0.317. The average molecular weight is 374 g/mol. The Morgan fingerprint density at radius 3 is 1.19 bits per heavy atom. The van der Waals surface area contributed by atoms with Crippen LogP contribution in [0.4, 0.5) is 0 Å². The van der Waals surface area contributed by atoms with Gasteiger partial charge in [-0.1, -0.05) is 44.9 Å². The molecule has 0 saturated heterocycles. The molecule has 8 nitrogen and oxygen atoms in total. The maximum Gasteiger partial charge on any atom is 0.321 e. The Hall–Kier alpha value is -2.12. The second kappa shape index (κ2) is 13.1. The van der Waals surface area contributed by atoms with E-state index < -0.39 is 29.3 Å². The van der Waals surface area contributed by atoms with Crippen molar-refractivity contribution in [3.8, 4) is 0 Å². The van der Waals surface area contributed by atoms with E-state index >= 15 is 0 Å². The Morgan fingerprint density at radius 1 is 0.577 bits per heavy atom. The Bertz CT molecular complexity index is 430. The van der Waals surface area contributed by atoms with Crippen molar-refractivity contribution >= 4 is 23.9 Å². The molecule has 0 atom stereocenters. The summed E-state index contributed by atoms with van der Waals surface area (Å²) in [5.41, 5.74) is -1.49. The maximum atomic E-state index is 10.7. The molecule has 0 amide bonds. The first kappa shape index (κ1) is 23.9. The fraction of sp³-hybridized carbons (Fsp3) is 0.778. The summed E-state index contributed by atoms with van der Waals surface area (Å²) in [6.07, 6.45) is 8.74. The first-order valence-corrected chi connectivity index (χ1v) is 9.13. The fourth-order valence-electron chi connectivity index (χ4n) is 2.93. The first-order chi connectivity index (χ1) is 12.2. The zero-order chi connectivity index (χ0) is 20.0. The molecule has 1 fully saturated rings. The lowest BCUT2D eigenvalue weighted by atomic mass is 9.74. The van der Waals surface area contributed by atoms with E-state index in [2.05, 4.69) is 0 Å². The molecule has 150 valence electrons. The van der Waals surface area contributed by atoms with Crippen molar-refractivity contribution in [3.63, 3.8) is 0 Å². The predicted octanol–water partition coefficient (Wildman–Crippen LogP) is 3.38. The Kier molecular flexibility index (Phi) is 12.1. The number of hydrogen-bond donors (Lipinski definition) is 4. The lowest BCUT2D eigenvalue weighted by Gasteiger charge is -2.28. The summed E-state index contributed by atoms with van der Waals surface area (Å²) in [5, 5.41) is 34.3. The average Bonchev–Trinajstić information content (AvgIpc) is 2.57. The lowest BCUT2D eigenvalue weighted by Crippen LogP contribution is -2.40. The molecule has 0 aromatic carbocycles. The third kappa shape index (κ3) is 10.0. The van der Waals surface area contributed by atoms with E-state index in [0.29, 0.717) is 12.8 Å². The predicted molar refractivity (Wildman–Crippen MR) is 93.0 cm³/mol. The second-order valence-electron chi connectivity index (χ2n) is 6.66. The van der Waals surface area contributed by atoms with E-state index in [-0.39, 0.29) is 25.7 Å². The normalized spacial score (nSPS) is 15.4. The Morgan fingerprint density at radius 2 is 0.923 bits per heavy atom. The number of aliphatic carboxylic acids is 4. The van der Waals surface area contributed by atoms with Crippen molar-refractivity contribution in [1.29, 1.82) is 0 Å². The smallest absolute Gasteiger partial charge is 0.321 e. The van der Waals surface area contributed by atoms with Crippen molar-refractivity contribution in [2.45, 2.75) is 83.5 Å². The molecule has 0 aromatic rings. The van der Waals surface area contributed by atoms with Crippen molar-refractivity contribution in [2.24, 2.45) is 5.41 Å². The van der Waals surface area contributed by atoms with E-state index in [4.69, 9.17) is 20.4 Å². The van der Waals surface area contributed by atoms with Gasteiger partial charge in [0.05, 0.1) is 0 Å². The Balaban J connectivity index is 0.000000485. The van der Waals surface area contributed by atoms with Gasteiger partial charge in [-0.15, -0.1) is 0 Å². The van der Waals surface area contributed by atoms with Crippen LogP contribution in [0.2, 0.25) is 0 Å². The number of carboxylic acid groups (broad SMARTS) is 4. The van der Waals surface area contributed by atoms with Crippen LogP contribution in [0.3, 0.4) is 0 Å². The van der Waals surface area contributed by atoms with Gasteiger partial charge in [0.25, 0.3) is 0 Å². The molecule has 0 aliphatic heterocycles. The van der Waals surface area contributed by atoms with Crippen LogP contribution < -0.4 is 0 Å². The van der Waals surface area contributed by atoms with Gasteiger partial charge in [-0.25, -0.2) is 0 Å². The summed E-state index contributed by atoms with van der Waals surface area (Å²) in [6, 6.07) is 0. The van der Waals surface area contributed by atoms with Crippen molar-refractivity contribution in [2.75, 3.05) is 0 Å². The highest BCUT2D eigenvalue weighted by Gasteiger charge is 2.46. The molecule has 1 aliphatic carbocycles. The molecule has 1 aliphatic rings. The highest BCUT2D eigenvalue weighted by Crippen LogP contribution is 2.36. The minimum atomic E-state index is -1.49. The molecule has 0 bridgehead atoms. The molecular weight excluding hydrogens is 344 g/mol. The van der Waals surface area contributed by atoms with Crippen LogP contribution in [0, 0.1) is 5.41 Å². The summed E-state index contributed by atoms with van der Waals surface area (Å²) in [4.78, 5) is 41.8. The Labute approximate surface area is 153 Å². The minimum Gasteiger partial charge on any atom is -0.481 e. The standard InChI is InChI=1S/C10H18O4.C8H12O4/c11-9(12)7-5-3-1-2-4-6-8-10(13)14;9-6(10)8(7(11)12)4-2-1-3-5-8/h1-8H2,(H,11,12)(H,13,14);1-5H2,(H,9,10)(H,11,12). The SMILES string of the molecule is O=C(O)C1(C(=O)O)CCCCC1.O=C(O)CCCCCCCCC(=O)O. The van der Waals surface area contributed by atoms with E-state index in [1.165, 1.54) is 0 Å². The summed E-state index contributed by atoms with van der Waals surface area (Å²) in [6.45, 7) is 0.